The Hall–Kier alpha value is -1.02. The van der Waals surface area contributed by atoms with Gasteiger partial charge in [-0.3, -0.25) is 4.79 Å². The Morgan fingerprint density at radius 1 is 1.50 bits per heavy atom. The summed E-state index contributed by atoms with van der Waals surface area (Å²) in [7, 11) is 0. The molecule has 0 bridgehead atoms. The average molecular weight is 213 g/mol. The van der Waals surface area contributed by atoms with Crippen molar-refractivity contribution in [3.63, 3.8) is 0 Å². The Kier molecular flexibility index (Phi) is 3.96. The molecule has 0 saturated carbocycles. The van der Waals surface area contributed by atoms with Crippen LogP contribution >= 0.6 is 11.6 Å². The molecule has 1 rings (SSSR count). The van der Waals surface area contributed by atoms with Crippen LogP contribution in [0.5, 0.6) is 5.75 Å². The van der Waals surface area contributed by atoms with E-state index in [2.05, 4.69) is 0 Å². The van der Waals surface area contributed by atoms with Crippen molar-refractivity contribution < 1.29 is 9.53 Å². The Balaban J connectivity index is 2.60. The van der Waals surface area contributed by atoms with E-state index in [-0.39, 0.29) is 11.9 Å². The van der Waals surface area contributed by atoms with Crippen LogP contribution in [-0.4, -0.2) is 11.9 Å². The number of carbonyl (C=O) groups excluding carboxylic acids is 1. The highest BCUT2D eigenvalue weighted by molar-refractivity contribution is 6.32. The molecule has 0 fully saturated rings. The number of carbonyl (C=O) groups is 1. The first-order valence-corrected chi connectivity index (χ1v) is 4.88. The summed E-state index contributed by atoms with van der Waals surface area (Å²) in [4.78, 5) is 10.8. The first-order chi connectivity index (χ1) is 6.59. The highest BCUT2D eigenvalue weighted by atomic mass is 35.5. The van der Waals surface area contributed by atoms with Crippen molar-refractivity contribution in [3.8, 4) is 5.75 Å². The summed E-state index contributed by atoms with van der Waals surface area (Å²) in [5, 5.41) is 0.572. The fraction of sp³-hybridized carbons (Fsp3) is 0.364. The Bertz CT molecular complexity index is 323. The zero-order chi connectivity index (χ0) is 10.6. The molecule has 0 saturated heterocycles. The minimum Gasteiger partial charge on any atom is -0.489 e. The molecule has 0 aliphatic heterocycles. The molecule has 1 aromatic carbocycles. The molecule has 0 aliphatic carbocycles. The smallest absolute Gasteiger partial charge is 0.138 e. The second kappa shape index (κ2) is 5.01. The van der Waals surface area contributed by atoms with Crippen molar-refractivity contribution in [3.05, 3.63) is 29.3 Å². The summed E-state index contributed by atoms with van der Waals surface area (Å²) in [6, 6.07) is 7.24. The van der Waals surface area contributed by atoms with Crippen LogP contribution in [0.2, 0.25) is 5.02 Å². The molecule has 3 heteroatoms. The summed E-state index contributed by atoms with van der Waals surface area (Å²) in [6.07, 6.45) is 0.276. The molecule has 0 aliphatic rings. The van der Waals surface area contributed by atoms with Crippen molar-refractivity contribution in [2.45, 2.75) is 26.4 Å². The molecule has 76 valence electrons. The number of Topliss-reactive ketones (excluding diaryl/α,β-unsaturated/α-hetero) is 1. The van der Waals surface area contributed by atoms with Crippen LogP contribution in [0.25, 0.3) is 0 Å². The maximum absolute atomic E-state index is 10.8. The molecule has 1 unspecified atom stereocenters. The molecule has 0 spiro atoms. The van der Waals surface area contributed by atoms with Gasteiger partial charge < -0.3 is 4.74 Å². The molecule has 0 radical (unpaired) electrons. The first-order valence-electron chi connectivity index (χ1n) is 4.50. The van der Waals surface area contributed by atoms with Gasteiger partial charge >= 0.3 is 0 Å². The normalized spacial score (nSPS) is 12.2. The second-order valence-corrected chi connectivity index (χ2v) is 3.67. The van der Waals surface area contributed by atoms with Crippen molar-refractivity contribution in [2.75, 3.05) is 0 Å². The van der Waals surface area contributed by atoms with Gasteiger partial charge in [0.2, 0.25) is 0 Å². The van der Waals surface area contributed by atoms with Gasteiger partial charge in [0.1, 0.15) is 17.6 Å². The predicted molar refractivity (Wildman–Crippen MR) is 56.8 cm³/mol. The highest BCUT2D eigenvalue weighted by Gasteiger charge is 2.08. The van der Waals surface area contributed by atoms with Gasteiger partial charge in [-0.2, -0.15) is 0 Å². The van der Waals surface area contributed by atoms with Gasteiger partial charge in [0.05, 0.1) is 5.02 Å². The SMILES string of the molecule is CC(=O)CC(C)Oc1ccccc1Cl. The van der Waals surface area contributed by atoms with Gasteiger partial charge in [-0.15, -0.1) is 0 Å². The molecular formula is C11H13ClO2. The standard InChI is InChI=1S/C11H13ClO2/c1-8(13)7-9(2)14-11-6-4-3-5-10(11)12/h3-6,9H,7H2,1-2H3. The maximum Gasteiger partial charge on any atom is 0.138 e. The van der Waals surface area contributed by atoms with Crippen LogP contribution in [0.1, 0.15) is 20.3 Å². The second-order valence-electron chi connectivity index (χ2n) is 3.27. The number of halogens is 1. The van der Waals surface area contributed by atoms with E-state index >= 15 is 0 Å². The Morgan fingerprint density at radius 3 is 2.71 bits per heavy atom. The minimum atomic E-state index is -0.132. The van der Waals surface area contributed by atoms with E-state index in [0.717, 1.165) is 0 Å². The molecule has 2 nitrogen and oxygen atoms in total. The average Bonchev–Trinajstić information content (AvgIpc) is 2.07. The maximum atomic E-state index is 10.8. The third-order valence-corrected chi connectivity index (χ3v) is 2.05. The van der Waals surface area contributed by atoms with Crippen molar-refractivity contribution in [2.24, 2.45) is 0 Å². The van der Waals surface area contributed by atoms with Crippen LogP contribution < -0.4 is 4.74 Å². The van der Waals surface area contributed by atoms with Crippen molar-refractivity contribution in [1.29, 1.82) is 0 Å². The van der Waals surface area contributed by atoms with E-state index in [1.165, 1.54) is 0 Å². The molecule has 1 aromatic rings. The van der Waals surface area contributed by atoms with E-state index < -0.39 is 0 Å². The number of ether oxygens (including phenoxy) is 1. The van der Waals surface area contributed by atoms with Gasteiger partial charge in [0.15, 0.2) is 0 Å². The minimum absolute atomic E-state index is 0.115. The van der Waals surface area contributed by atoms with Crippen LogP contribution in [0.3, 0.4) is 0 Å². The number of para-hydroxylation sites is 1. The molecule has 1 atom stereocenters. The fourth-order valence-electron chi connectivity index (χ4n) is 1.20. The van der Waals surface area contributed by atoms with E-state index in [9.17, 15) is 4.79 Å². The fourth-order valence-corrected chi connectivity index (χ4v) is 1.38. The lowest BCUT2D eigenvalue weighted by Gasteiger charge is -2.13. The van der Waals surface area contributed by atoms with Gasteiger partial charge in [-0.25, -0.2) is 0 Å². The van der Waals surface area contributed by atoms with Crippen LogP contribution in [0.4, 0.5) is 0 Å². The summed E-state index contributed by atoms with van der Waals surface area (Å²) in [5.74, 6) is 0.743. The number of hydrogen-bond donors (Lipinski definition) is 0. The van der Waals surface area contributed by atoms with Crippen LogP contribution in [0, 0.1) is 0 Å². The molecular weight excluding hydrogens is 200 g/mol. The lowest BCUT2D eigenvalue weighted by atomic mass is 10.2. The Labute approximate surface area is 88.8 Å². The summed E-state index contributed by atoms with van der Waals surface area (Å²) in [6.45, 7) is 3.40. The zero-order valence-corrected chi connectivity index (χ0v) is 9.04. The lowest BCUT2D eigenvalue weighted by molar-refractivity contribution is -0.118. The summed E-state index contributed by atoms with van der Waals surface area (Å²) < 4.78 is 5.50. The zero-order valence-electron chi connectivity index (χ0n) is 8.29. The topological polar surface area (TPSA) is 26.3 Å². The number of ketones is 1. The molecule has 0 amide bonds. The monoisotopic (exact) mass is 212 g/mol. The molecule has 0 aromatic heterocycles. The summed E-state index contributed by atoms with van der Waals surface area (Å²) in [5.41, 5.74) is 0. The van der Waals surface area contributed by atoms with E-state index in [1.807, 2.05) is 19.1 Å². The first kappa shape index (κ1) is 11.1. The Morgan fingerprint density at radius 2 is 2.14 bits per heavy atom. The molecule has 0 N–H and O–H groups in total. The third kappa shape index (κ3) is 3.38. The van der Waals surface area contributed by atoms with E-state index in [0.29, 0.717) is 17.2 Å². The van der Waals surface area contributed by atoms with Gasteiger partial charge in [0, 0.05) is 6.42 Å². The van der Waals surface area contributed by atoms with E-state index in [4.69, 9.17) is 16.3 Å². The number of hydrogen-bond acceptors (Lipinski definition) is 2. The number of rotatable bonds is 4. The quantitative estimate of drug-likeness (QED) is 0.767. The molecule has 14 heavy (non-hydrogen) atoms. The predicted octanol–water partition coefficient (Wildman–Crippen LogP) is 3.09. The third-order valence-electron chi connectivity index (χ3n) is 1.74. The van der Waals surface area contributed by atoms with Crippen LogP contribution in [0.15, 0.2) is 24.3 Å². The summed E-state index contributed by atoms with van der Waals surface area (Å²) >= 11 is 5.89. The molecule has 0 heterocycles. The highest BCUT2D eigenvalue weighted by Crippen LogP contribution is 2.24. The lowest BCUT2D eigenvalue weighted by Crippen LogP contribution is -2.15. The van der Waals surface area contributed by atoms with Crippen molar-refractivity contribution >= 4 is 17.4 Å². The number of benzene rings is 1. The van der Waals surface area contributed by atoms with Crippen LogP contribution in [-0.2, 0) is 4.79 Å². The van der Waals surface area contributed by atoms with Gasteiger partial charge in [-0.05, 0) is 26.0 Å². The van der Waals surface area contributed by atoms with Crippen molar-refractivity contribution in [1.82, 2.24) is 0 Å². The van der Waals surface area contributed by atoms with Gasteiger partial charge in [0.25, 0.3) is 0 Å². The van der Waals surface area contributed by atoms with E-state index in [1.54, 1.807) is 19.1 Å². The van der Waals surface area contributed by atoms with Gasteiger partial charge in [-0.1, -0.05) is 23.7 Å². The largest absolute Gasteiger partial charge is 0.489 e.